The lowest BCUT2D eigenvalue weighted by atomic mass is 10.2. The van der Waals surface area contributed by atoms with Gasteiger partial charge < -0.3 is 9.64 Å². The third kappa shape index (κ3) is 7.37. The molecule has 0 aromatic carbocycles. The number of nitrogens with zero attached hydrogens (tertiary/aromatic N) is 5. The van der Waals surface area contributed by atoms with Crippen molar-refractivity contribution in [1.82, 2.24) is 14.9 Å². The molecular formula is C23H24F5N5O2. The molecule has 2 heterocycles. The Morgan fingerprint density at radius 3 is 2.54 bits per heavy atom. The van der Waals surface area contributed by atoms with Crippen molar-refractivity contribution in [2.75, 3.05) is 25.2 Å². The molecule has 0 N–H and O–H groups in total. The first-order valence-corrected chi connectivity index (χ1v) is 10.6. The van der Waals surface area contributed by atoms with Crippen molar-refractivity contribution in [3.63, 3.8) is 0 Å². The number of anilines is 1. The number of hydrogen-bond acceptors (Lipinski definition) is 6. The van der Waals surface area contributed by atoms with Gasteiger partial charge in [-0.2, -0.15) is 18.3 Å². The van der Waals surface area contributed by atoms with Crippen molar-refractivity contribution in [1.29, 1.82) is 0 Å². The van der Waals surface area contributed by atoms with Gasteiger partial charge in [0.2, 0.25) is 5.88 Å². The van der Waals surface area contributed by atoms with Crippen LogP contribution in [0.1, 0.15) is 43.1 Å². The largest absolute Gasteiger partial charge is 0.473 e. The van der Waals surface area contributed by atoms with E-state index in [9.17, 15) is 26.7 Å². The van der Waals surface area contributed by atoms with E-state index in [4.69, 9.17) is 4.74 Å². The summed E-state index contributed by atoms with van der Waals surface area (Å²) in [5, 5.41) is 5.34. The number of amides is 1. The molecule has 0 fully saturated rings. The maximum absolute atomic E-state index is 14.0. The van der Waals surface area contributed by atoms with Crippen LogP contribution in [0.15, 0.2) is 29.6 Å². The van der Waals surface area contributed by atoms with Gasteiger partial charge in [-0.3, -0.25) is 4.79 Å². The SMILES string of the molecule is CCC#C/C=N\N(C)c1ncc(F)cc1C(=O)N(CC)[C@@H](C)COc1ncc(C(F)(F)F)cc1F. The maximum atomic E-state index is 14.0. The van der Waals surface area contributed by atoms with E-state index in [1.807, 2.05) is 6.92 Å². The number of carbonyl (C=O) groups is 1. The van der Waals surface area contributed by atoms with E-state index in [0.29, 0.717) is 12.6 Å². The average Bonchev–Trinajstić information content (AvgIpc) is 2.80. The third-order valence-electron chi connectivity index (χ3n) is 4.67. The second-order valence-corrected chi connectivity index (χ2v) is 7.23. The van der Waals surface area contributed by atoms with E-state index in [2.05, 4.69) is 26.9 Å². The van der Waals surface area contributed by atoms with Gasteiger partial charge in [-0.05, 0) is 26.0 Å². The van der Waals surface area contributed by atoms with Gasteiger partial charge in [-0.25, -0.2) is 23.8 Å². The first-order valence-electron chi connectivity index (χ1n) is 10.6. The minimum absolute atomic E-state index is 0.0768. The molecule has 0 aliphatic rings. The molecule has 0 bridgehead atoms. The fourth-order valence-corrected chi connectivity index (χ4v) is 2.95. The van der Waals surface area contributed by atoms with Crippen molar-refractivity contribution < 1.29 is 31.5 Å². The number of hydrogen-bond donors (Lipinski definition) is 0. The fourth-order valence-electron chi connectivity index (χ4n) is 2.95. The normalized spacial score (nSPS) is 12.1. The number of halogens is 5. The Balaban J connectivity index is 2.22. The maximum Gasteiger partial charge on any atom is 0.417 e. The molecule has 12 heteroatoms. The molecule has 0 radical (unpaired) electrons. The monoisotopic (exact) mass is 497 g/mol. The number of pyridine rings is 2. The number of ether oxygens (including phenoxy) is 1. The Labute approximate surface area is 199 Å². The van der Waals surface area contributed by atoms with Crippen molar-refractivity contribution >= 4 is 17.9 Å². The highest BCUT2D eigenvalue weighted by Gasteiger charge is 2.32. The molecule has 0 saturated carbocycles. The van der Waals surface area contributed by atoms with Gasteiger partial charge in [0.1, 0.15) is 12.4 Å². The van der Waals surface area contributed by atoms with Gasteiger partial charge in [-0.1, -0.05) is 18.8 Å². The Hall–Kier alpha value is -3.75. The Morgan fingerprint density at radius 1 is 1.23 bits per heavy atom. The van der Waals surface area contributed by atoms with Crippen LogP contribution in [-0.4, -0.2) is 53.2 Å². The highest BCUT2D eigenvalue weighted by molar-refractivity contribution is 5.99. The van der Waals surface area contributed by atoms with E-state index in [1.165, 1.54) is 23.2 Å². The zero-order chi connectivity index (χ0) is 26.2. The first-order chi connectivity index (χ1) is 16.5. The van der Waals surface area contributed by atoms with Crippen LogP contribution in [-0.2, 0) is 6.18 Å². The number of aromatic nitrogens is 2. The number of hydrazone groups is 1. The van der Waals surface area contributed by atoms with Crippen molar-refractivity contribution in [2.45, 2.75) is 39.4 Å². The van der Waals surface area contributed by atoms with E-state index in [-0.39, 0.29) is 30.6 Å². The van der Waals surface area contributed by atoms with Crippen LogP contribution >= 0.6 is 0 Å². The predicted molar refractivity (Wildman–Crippen MR) is 120 cm³/mol. The number of carbonyl (C=O) groups excluding carboxylic acids is 1. The number of alkyl halides is 3. The van der Waals surface area contributed by atoms with Crippen LogP contribution < -0.4 is 9.75 Å². The molecular weight excluding hydrogens is 473 g/mol. The summed E-state index contributed by atoms with van der Waals surface area (Å²) in [5.74, 6) is 2.31. The average molecular weight is 497 g/mol. The summed E-state index contributed by atoms with van der Waals surface area (Å²) in [6.07, 6.45) is -1.40. The van der Waals surface area contributed by atoms with Gasteiger partial charge in [0.05, 0.1) is 29.6 Å². The molecule has 35 heavy (non-hydrogen) atoms. The minimum Gasteiger partial charge on any atom is -0.473 e. The van der Waals surface area contributed by atoms with Crippen LogP contribution in [0, 0.1) is 23.5 Å². The Kier molecular flexibility index (Phi) is 9.50. The van der Waals surface area contributed by atoms with Crippen LogP contribution in [0.4, 0.5) is 27.8 Å². The van der Waals surface area contributed by atoms with E-state index < -0.39 is 41.2 Å². The molecule has 0 aliphatic carbocycles. The second-order valence-electron chi connectivity index (χ2n) is 7.23. The molecule has 0 unspecified atom stereocenters. The van der Waals surface area contributed by atoms with E-state index in [1.54, 1.807) is 13.8 Å². The molecule has 1 amide bonds. The lowest BCUT2D eigenvalue weighted by Gasteiger charge is -2.29. The molecule has 2 rings (SSSR count). The second kappa shape index (κ2) is 12.1. The summed E-state index contributed by atoms with van der Waals surface area (Å²) in [5.41, 5.74) is -1.33. The van der Waals surface area contributed by atoms with E-state index >= 15 is 0 Å². The standard InChI is InChI=1S/C23H24F5N5O2/c1-5-7-8-9-31-32(4)20-18(11-17(24)13-29-20)22(34)33(6-2)15(3)14-35-21-19(25)10-16(12-30-21)23(26,27)28/h9-13,15H,5-6,14H2,1-4H3/b31-9-/t15-/m0/s1. The van der Waals surface area contributed by atoms with Crippen LogP contribution in [0.25, 0.3) is 0 Å². The summed E-state index contributed by atoms with van der Waals surface area (Å²) < 4.78 is 71.3. The fraction of sp³-hybridized carbons (Fsp3) is 0.391. The number of likely N-dealkylation sites (N-methyl/N-ethyl adjacent to an activating group) is 1. The van der Waals surface area contributed by atoms with Gasteiger partial charge in [0.25, 0.3) is 5.91 Å². The van der Waals surface area contributed by atoms with Gasteiger partial charge in [0.15, 0.2) is 11.6 Å². The third-order valence-corrected chi connectivity index (χ3v) is 4.67. The summed E-state index contributed by atoms with van der Waals surface area (Å²) in [6.45, 7) is 5.00. The van der Waals surface area contributed by atoms with Crippen LogP contribution in [0.2, 0.25) is 0 Å². The van der Waals surface area contributed by atoms with Gasteiger partial charge in [0, 0.05) is 26.2 Å². The minimum atomic E-state index is -4.75. The zero-order valence-electron chi connectivity index (χ0n) is 19.5. The number of rotatable bonds is 8. The summed E-state index contributed by atoms with van der Waals surface area (Å²) in [7, 11) is 1.52. The topological polar surface area (TPSA) is 70.9 Å². The quantitative estimate of drug-likeness (QED) is 0.232. The van der Waals surface area contributed by atoms with Gasteiger partial charge >= 0.3 is 6.18 Å². The highest BCUT2D eigenvalue weighted by Crippen LogP contribution is 2.30. The lowest BCUT2D eigenvalue weighted by molar-refractivity contribution is -0.138. The molecule has 188 valence electrons. The Morgan fingerprint density at radius 2 is 1.94 bits per heavy atom. The predicted octanol–water partition coefficient (Wildman–Crippen LogP) is 4.54. The van der Waals surface area contributed by atoms with Crippen molar-refractivity contribution in [2.24, 2.45) is 5.10 Å². The highest BCUT2D eigenvalue weighted by atomic mass is 19.4. The van der Waals surface area contributed by atoms with Gasteiger partial charge in [-0.15, -0.1) is 0 Å². The zero-order valence-corrected chi connectivity index (χ0v) is 19.5. The molecule has 2 aromatic rings. The summed E-state index contributed by atoms with van der Waals surface area (Å²) in [4.78, 5) is 21.9. The molecule has 0 saturated heterocycles. The van der Waals surface area contributed by atoms with Crippen LogP contribution in [0.3, 0.4) is 0 Å². The molecule has 7 nitrogen and oxygen atoms in total. The molecule has 2 aromatic heterocycles. The van der Waals surface area contributed by atoms with E-state index in [0.717, 1.165) is 12.3 Å². The molecule has 1 atom stereocenters. The Bertz CT molecular complexity index is 1130. The smallest absolute Gasteiger partial charge is 0.417 e. The first kappa shape index (κ1) is 27.5. The summed E-state index contributed by atoms with van der Waals surface area (Å²) >= 11 is 0. The summed E-state index contributed by atoms with van der Waals surface area (Å²) in [6, 6.07) is 0.611. The van der Waals surface area contributed by atoms with Crippen molar-refractivity contribution in [3.05, 3.63) is 47.3 Å². The van der Waals surface area contributed by atoms with Crippen molar-refractivity contribution in [3.8, 4) is 17.7 Å². The molecule has 0 spiro atoms. The van der Waals surface area contributed by atoms with Crippen LogP contribution in [0.5, 0.6) is 5.88 Å². The lowest BCUT2D eigenvalue weighted by Crippen LogP contribution is -2.42. The molecule has 0 aliphatic heterocycles.